The van der Waals surface area contributed by atoms with Gasteiger partial charge in [0.1, 0.15) is 0 Å². The van der Waals surface area contributed by atoms with Crippen LogP contribution in [0, 0.1) is 13.8 Å². The summed E-state index contributed by atoms with van der Waals surface area (Å²) in [6.07, 6.45) is 0. The molecule has 3 rings (SSSR count). The molecule has 5 heteroatoms. The lowest BCUT2D eigenvalue weighted by atomic mass is 10.2. The molecule has 0 aliphatic rings. The van der Waals surface area contributed by atoms with Crippen LogP contribution in [0.2, 0.25) is 5.02 Å². The number of aryl methyl sites for hydroxylation is 1. The number of thiophene rings is 1. The lowest BCUT2D eigenvalue weighted by Gasteiger charge is -2.18. The summed E-state index contributed by atoms with van der Waals surface area (Å²) in [5.74, 6) is 0.0189. The van der Waals surface area contributed by atoms with Gasteiger partial charge in [-0.15, -0.1) is 11.3 Å². The number of hydrogen-bond acceptors (Lipinski definition) is 2. The molecule has 0 saturated carbocycles. The number of rotatable bonds is 5. The van der Waals surface area contributed by atoms with Crippen molar-refractivity contribution in [3.05, 3.63) is 80.3 Å². The predicted octanol–water partition coefficient (Wildman–Crippen LogP) is 5.14. The normalized spacial score (nSPS) is 10.9. The van der Waals surface area contributed by atoms with E-state index in [-0.39, 0.29) is 5.91 Å². The topological polar surface area (TPSA) is 25.2 Å². The van der Waals surface area contributed by atoms with Crippen molar-refractivity contribution in [2.45, 2.75) is 26.9 Å². The third-order valence-corrected chi connectivity index (χ3v) is 5.64. The van der Waals surface area contributed by atoms with E-state index in [2.05, 4.69) is 22.1 Å². The Hall–Kier alpha value is -2.04. The fourth-order valence-electron chi connectivity index (χ4n) is 2.98. The maximum absolute atomic E-state index is 12.9. The maximum atomic E-state index is 12.9. The number of hydrogen-bond donors (Lipinski definition) is 0. The first-order valence-electron chi connectivity index (χ1n) is 8.15. The molecule has 0 N–H and O–H groups in total. The van der Waals surface area contributed by atoms with Gasteiger partial charge in [0, 0.05) is 34.9 Å². The minimum atomic E-state index is 0.0189. The first kappa shape index (κ1) is 17.8. The zero-order valence-electron chi connectivity index (χ0n) is 14.6. The van der Waals surface area contributed by atoms with Crippen molar-refractivity contribution in [3.8, 4) is 0 Å². The van der Waals surface area contributed by atoms with Gasteiger partial charge in [-0.25, -0.2) is 0 Å². The second-order valence-corrected chi connectivity index (χ2v) is 7.64. The molecule has 2 heterocycles. The minimum absolute atomic E-state index is 0.0189. The Labute approximate surface area is 157 Å². The van der Waals surface area contributed by atoms with Gasteiger partial charge in [0.25, 0.3) is 5.91 Å². The molecule has 3 aromatic rings. The number of aromatic nitrogens is 1. The van der Waals surface area contributed by atoms with Crippen LogP contribution in [0.1, 0.15) is 32.2 Å². The Bertz CT molecular complexity index is 883. The molecule has 3 nitrogen and oxygen atoms in total. The second-order valence-electron chi connectivity index (χ2n) is 6.20. The van der Waals surface area contributed by atoms with Crippen LogP contribution < -0.4 is 0 Å². The molecule has 25 heavy (non-hydrogen) atoms. The van der Waals surface area contributed by atoms with E-state index in [0.29, 0.717) is 11.6 Å². The van der Waals surface area contributed by atoms with E-state index >= 15 is 0 Å². The molecule has 0 bridgehead atoms. The molecule has 0 aliphatic carbocycles. The van der Waals surface area contributed by atoms with Gasteiger partial charge in [0.15, 0.2) is 0 Å². The number of carbonyl (C=O) groups excluding carboxylic acids is 1. The highest BCUT2D eigenvalue weighted by atomic mass is 35.5. The Balaban J connectivity index is 1.81. The molecular formula is C20H21ClN2OS. The van der Waals surface area contributed by atoms with Crippen LogP contribution in [0.3, 0.4) is 0 Å². The third-order valence-electron chi connectivity index (χ3n) is 4.41. The molecule has 0 saturated heterocycles. The summed E-state index contributed by atoms with van der Waals surface area (Å²) in [5, 5.41) is 2.76. The van der Waals surface area contributed by atoms with E-state index in [0.717, 1.165) is 29.1 Å². The highest BCUT2D eigenvalue weighted by Crippen LogP contribution is 2.22. The van der Waals surface area contributed by atoms with Crippen molar-refractivity contribution in [3.63, 3.8) is 0 Å². The monoisotopic (exact) mass is 372 g/mol. The SMILES string of the molecule is Cc1cc(C(=O)N(C)Cc2ccccc2Cl)c(C)n1Cc1cccs1. The molecule has 130 valence electrons. The quantitative estimate of drug-likeness (QED) is 0.608. The van der Waals surface area contributed by atoms with Gasteiger partial charge in [-0.05, 0) is 43.0 Å². The summed E-state index contributed by atoms with van der Waals surface area (Å²) in [4.78, 5) is 15.9. The van der Waals surface area contributed by atoms with Crippen molar-refractivity contribution in [1.29, 1.82) is 0 Å². The predicted molar refractivity (Wildman–Crippen MR) is 105 cm³/mol. The van der Waals surface area contributed by atoms with Crippen LogP contribution in [0.15, 0.2) is 47.8 Å². The summed E-state index contributed by atoms with van der Waals surface area (Å²) in [6, 6.07) is 13.8. The van der Waals surface area contributed by atoms with E-state index in [4.69, 9.17) is 11.6 Å². The Morgan fingerprint density at radius 3 is 2.64 bits per heavy atom. The highest BCUT2D eigenvalue weighted by molar-refractivity contribution is 7.09. The van der Waals surface area contributed by atoms with Gasteiger partial charge in [-0.2, -0.15) is 0 Å². The average Bonchev–Trinajstić information content (AvgIpc) is 3.20. The lowest BCUT2D eigenvalue weighted by molar-refractivity contribution is 0.0784. The van der Waals surface area contributed by atoms with Crippen LogP contribution in [0.5, 0.6) is 0 Å². The summed E-state index contributed by atoms with van der Waals surface area (Å²) < 4.78 is 2.20. The smallest absolute Gasteiger partial charge is 0.255 e. The maximum Gasteiger partial charge on any atom is 0.255 e. The zero-order valence-corrected chi connectivity index (χ0v) is 16.2. The Morgan fingerprint density at radius 1 is 1.20 bits per heavy atom. The van der Waals surface area contributed by atoms with Gasteiger partial charge >= 0.3 is 0 Å². The largest absolute Gasteiger partial charge is 0.343 e. The van der Waals surface area contributed by atoms with E-state index < -0.39 is 0 Å². The van der Waals surface area contributed by atoms with Gasteiger partial charge in [0.05, 0.1) is 12.1 Å². The average molecular weight is 373 g/mol. The number of carbonyl (C=O) groups is 1. The van der Waals surface area contributed by atoms with E-state index in [1.54, 1.807) is 16.2 Å². The van der Waals surface area contributed by atoms with Gasteiger partial charge in [-0.3, -0.25) is 4.79 Å². The molecule has 0 fully saturated rings. The highest BCUT2D eigenvalue weighted by Gasteiger charge is 2.20. The summed E-state index contributed by atoms with van der Waals surface area (Å²) in [7, 11) is 1.82. The number of halogens is 1. The molecule has 2 aromatic heterocycles. The minimum Gasteiger partial charge on any atom is -0.343 e. The van der Waals surface area contributed by atoms with E-state index in [9.17, 15) is 4.79 Å². The molecular weight excluding hydrogens is 352 g/mol. The number of benzene rings is 1. The summed E-state index contributed by atoms with van der Waals surface area (Å²) in [6.45, 7) is 5.35. The van der Waals surface area contributed by atoms with Crippen molar-refractivity contribution >= 4 is 28.8 Å². The van der Waals surface area contributed by atoms with Crippen molar-refractivity contribution in [2.24, 2.45) is 0 Å². The molecule has 1 amide bonds. The first-order valence-corrected chi connectivity index (χ1v) is 9.41. The molecule has 0 atom stereocenters. The fourth-order valence-corrected chi connectivity index (χ4v) is 3.87. The fraction of sp³-hybridized carbons (Fsp3) is 0.250. The second kappa shape index (κ2) is 7.46. The molecule has 0 radical (unpaired) electrons. The molecule has 1 aromatic carbocycles. The summed E-state index contributed by atoms with van der Waals surface area (Å²) >= 11 is 7.95. The number of amides is 1. The van der Waals surface area contributed by atoms with Crippen LogP contribution in [0.25, 0.3) is 0 Å². The van der Waals surface area contributed by atoms with Crippen molar-refractivity contribution in [2.75, 3.05) is 7.05 Å². The van der Waals surface area contributed by atoms with Crippen LogP contribution in [-0.4, -0.2) is 22.4 Å². The molecule has 0 aliphatic heterocycles. The molecule has 0 unspecified atom stereocenters. The summed E-state index contributed by atoms with van der Waals surface area (Å²) in [5.41, 5.74) is 3.80. The molecule has 0 spiro atoms. The van der Waals surface area contributed by atoms with Crippen LogP contribution in [-0.2, 0) is 13.1 Å². The van der Waals surface area contributed by atoms with Crippen molar-refractivity contribution in [1.82, 2.24) is 9.47 Å². The first-order chi connectivity index (χ1) is 12.0. The number of nitrogens with zero attached hydrogens (tertiary/aromatic N) is 2. The van der Waals surface area contributed by atoms with Gasteiger partial charge in [-0.1, -0.05) is 35.9 Å². The van der Waals surface area contributed by atoms with Crippen molar-refractivity contribution < 1.29 is 4.79 Å². The Morgan fingerprint density at radius 2 is 1.96 bits per heavy atom. The van der Waals surface area contributed by atoms with E-state index in [1.807, 2.05) is 51.2 Å². The lowest BCUT2D eigenvalue weighted by Crippen LogP contribution is -2.26. The van der Waals surface area contributed by atoms with Crippen LogP contribution in [0.4, 0.5) is 0 Å². The Kier molecular flexibility index (Phi) is 5.30. The zero-order chi connectivity index (χ0) is 18.0. The van der Waals surface area contributed by atoms with Crippen LogP contribution >= 0.6 is 22.9 Å². The third kappa shape index (κ3) is 3.80. The van der Waals surface area contributed by atoms with Gasteiger partial charge < -0.3 is 9.47 Å². The van der Waals surface area contributed by atoms with Gasteiger partial charge in [0.2, 0.25) is 0 Å². The van der Waals surface area contributed by atoms with E-state index in [1.165, 1.54) is 4.88 Å². The standard InChI is InChI=1S/C20H21ClN2OS/c1-14-11-18(15(2)23(14)13-17-8-6-10-25-17)20(24)22(3)12-16-7-4-5-9-19(16)21/h4-11H,12-13H2,1-3H3.